The van der Waals surface area contributed by atoms with Gasteiger partial charge in [0.1, 0.15) is 11.6 Å². The van der Waals surface area contributed by atoms with Gasteiger partial charge in [0.15, 0.2) is 0 Å². The van der Waals surface area contributed by atoms with Crippen molar-refractivity contribution < 1.29 is 13.9 Å². The van der Waals surface area contributed by atoms with E-state index in [1.807, 2.05) is 59.4 Å². The van der Waals surface area contributed by atoms with Crippen LogP contribution in [0.4, 0.5) is 4.39 Å². The van der Waals surface area contributed by atoms with Crippen LogP contribution in [0.5, 0.6) is 5.75 Å². The number of nitrogens with zero attached hydrogens (tertiary/aromatic N) is 1. The lowest BCUT2D eigenvalue weighted by Gasteiger charge is -2.19. The van der Waals surface area contributed by atoms with Gasteiger partial charge < -0.3 is 14.6 Å². The quantitative estimate of drug-likeness (QED) is 0.700. The monoisotopic (exact) mass is 352 g/mol. The molecule has 1 amide bonds. The van der Waals surface area contributed by atoms with Crippen LogP contribution in [-0.2, 0) is 11.3 Å². The second-order valence-corrected chi connectivity index (χ2v) is 6.03. The van der Waals surface area contributed by atoms with Crippen LogP contribution in [0.2, 0.25) is 0 Å². The van der Waals surface area contributed by atoms with Crippen LogP contribution in [0.1, 0.15) is 23.6 Å². The van der Waals surface area contributed by atoms with Gasteiger partial charge in [-0.05, 0) is 47.5 Å². The maximum Gasteiger partial charge on any atom is 0.222 e. The third-order valence-electron chi connectivity index (χ3n) is 4.25. The Hall–Kier alpha value is -3.08. The van der Waals surface area contributed by atoms with E-state index < -0.39 is 0 Å². The molecule has 0 spiro atoms. The SMILES string of the molecule is COc1ccc(CNC(=O)C[C@@H](c2cccc(F)c2)n2cccc2)cc1. The molecule has 1 N–H and O–H groups in total. The van der Waals surface area contributed by atoms with Crippen LogP contribution < -0.4 is 10.1 Å². The zero-order chi connectivity index (χ0) is 18.4. The molecule has 5 heteroatoms. The molecule has 0 unspecified atom stereocenters. The van der Waals surface area contributed by atoms with E-state index in [1.165, 1.54) is 12.1 Å². The number of halogens is 1. The fraction of sp³-hybridized carbons (Fsp3) is 0.190. The molecule has 0 saturated carbocycles. The molecule has 0 saturated heterocycles. The lowest BCUT2D eigenvalue weighted by Crippen LogP contribution is -2.26. The number of amides is 1. The largest absolute Gasteiger partial charge is 0.497 e. The first-order valence-corrected chi connectivity index (χ1v) is 8.43. The lowest BCUT2D eigenvalue weighted by molar-refractivity contribution is -0.121. The molecule has 0 aliphatic rings. The summed E-state index contributed by atoms with van der Waals surface area (Å²) in [6.45, 7) is 0.435. The maximum absolute atomic E-state index is 13.6. The number of carbonyl (C=O) groups is 1. The average molecular weight is 352 g/mol. The van der Waals surface area contributed by atoms with E-state index in [4.69, 9.17) is 4.74 Å². The van der Waals surface area contributed by atoms with Crippen LogP contribution in [0.25, 0.3) is 0 Å². The summed E-state index contributed by atoms with van der Waals surface area (Å²) >= 11 is 0. The Morgan fingerprint density at radius 1 is 1.12 bits per heavy atom. The Kier molecular flexibility index (Phi) is 5.69. The molecule has 0 fully saturated rings. The number of aromatic nitrogens is 1. The van der Waals surface area contributed by atoms with Crippen molar-refractivity contribution in [2.24, 2.45) is 0 Å². The van der Waals surface area contributed by atoms with Crippen LogP contribution in [-0.4, -0.2) is 17.6 Å². The molecular formula is C21H21FN2O2. The molecule has 134 valence electrons. The van der Waals surface area contributed by atoms with Crippen LogP contribution in [0.3, 0.4) is 0 Å². The Morgan fingerprint density at radius 3 is 2.50 bits per heavy atom. The van der Waals surface area contributed by atoms with Crippen molar-refractivity contribution in [1.82, 2.24) is 9.88 Å². The summed E-state index contributed by atoms with van der Waals surface area (Å²) in [6, 6.07) is 17.4. The summed E-state index contributed by atoms with van der Waals surface area (Å²) in [4.78, 5) is 12.5. The number of hydrogen-bond acceptors (Lipinski definition) is 2. The summed E-state index contributed by atoms with van der Waals surface area (Å²) in [7, 11) is 1.62. The molecule has 3 aromatic rings. The number of hydrogen-bond donors (Lipinski definition) is 1. The Morgan fingerprint density at radius 2 is 1.85 bits per heavy atom. The molecule has 0 radical (unpaired) electrons. The van der Waals surface area contributed by atoms with Gasteiger partial charge in [-0.3, -0.25) is 4.79 Å². The zero-order valence-electron chi connectivity index (χ0n) is 14.6. The summed E-state index contributed by atoms with van der Waals surface area (Å²) in [5.41, 5.74) is 1.75. The van der Waals surface area contributed by atoms with E-state index in [0.29, 0.717) is 6.54 Å². The highest BCUT2D eigenvalue weighted by atomic mass is 19.1. The predicted molar refractivity (Wildman–Crippen MR) is 98.4 cm³/mol. The van der Waals surface area contributed by atoms with Gasteiger partial charge in [0, 0.05) is 18.9 Å². The van der Waals surface area contributed by atoms with E-state index in [1.54, 1.807) is 13.2 Å². The lowest BCUT2D eigenvalue weighted by atomic mass is 10.0. The normalized spacial score (nSPS) is 11.8. The second-order valence-electron chi connectivity index (χ2n) is 6.03. The Labute approximate surface area is 152 Å². The molecular weight excluding hydrogens is 331 g/mol. The van der Waals surface area contributed by atoms with E-state index >= 15 is 0 Å². The topological polar surface area (TPSA) is 43.3 Å². The second kappa shape index (κ2) is 8.34. The van der Waals surface area contributed by atoms with Crippen molar-refractivity contribution in [3.8, 4) is 5.75 Å². The van der Waals surface area contributed by atoms with E-state index in [2.05, 4.69) is 5.32 Å². The van der Waals surface area contributed by atoms with Crippen molar-refractivity contribution in [2.45, 2.75) is 19.0 Å². The number of carbonyl (C=O) groups excluding carboxylic acids is 1. The third-order valence-corrected chi connectivity index (χ3v) is 4.25. The molecule has 0 aliphatic heterocycles. The molecule has 3 rings (SSSR count). The molecule has 0 bridgehead atoms. The van der Waals surface area contributed by atoms with Crippen molar-refractivity contribution in [2.75, 3.05) is 7.11 Å². The van der Waals surface area contributed by atoms with Crippen LogP contribution >= 0.6 is 0 Å². The highest BCUT2D eigenvalue weighted by molar-refractivity contribution is 5.76. The number of nitrogens with one attached hydrogen (secondary N) is 1. The molecule has 0 aliphatic carbocycles. The average Bonchev–Trinajstić information content (AvgIpc) is 3.19. The smallest absolute Gasteiger partial charge is 0.222 e. The van der Waals surface area contributed by atoms with Gasteiger partial charge in [0.05, 0.1) is 19.6 Å². The van der Waals surface area contributed by atoms with E-state index in [9.17, 15) is 9.18 Å². The first-order chi connectivity index (χ1) is 12.7. The highest BCUT2D eigenvalue weighted by Crippen LogP contribution is 2.23. The number of benzene rings is 2. The van der Waals surface area contributed by atoms with Crippen molar-refractivity contribution >= 4 is 5.91 Å². The van der Waals surface area contributed by atoms with Gasteiger partial charge in [-0.25, -0.2) is 4.39 Å². The predicted octanol–water partition coefficient (Wildman–Crippen LogP) is 3.93. The summed E-state index contributed by atoms with van der Waals surface area (Å²) in [5, 5.41) is 2.93. The molecule has 1 aromatic heterocycles. The number of rotatable bonds is 7. The minimum atomic E-state index is -0.307. The first kappa shape index (κ1) is 17.7. The van der Waals surface area contributed by atoms with Crippen molar-refractivity contribution in [3.05, 3.63) is 90.0 Å². The van der Waals surface area contributed by atoms with Gasteiger partial charge in [-0.15, -0.1) is 0 Å². The maximum atomic E-state index is 13.6. The van der Waals surface area contributed by atoms with Crippen LogP contribution in [0, 0.1) is 5.82 Å². The van der Waals surface area contributed by atoms with Gasteiger partial charge in [-0.1, -0.05) is 24.3 Å². The molecule has 1 atom stereocenters. The fourth-order valence-electron chi connectivity index (χ4n) is 2.86. The fourth-order valence-corrected chi connectivity index (χ4v) is 2.86. The molecule has 4 nitrogen and oxygen atoms in total. The first-order valence-electron chi connectivity index (χ1n) is 8.43. The minimum absolute atomic E-state index is 0.0937. The number of methoxy groups -OCH3 is 1. The molecule has 2 aromatic carbocycles. The van der Waals surface area contributed by atoms with Gasteiger partial charge >= 0.3 is 0 Å². The van der Waals surface area contributed by atoms with E-state index in [0.717, 1.165) is 16.9 Å². The van der Waals surface area contributed by atoms with Gasteiger partial charge in [0.2, 0.25) is 5.91 Å². The highest BCUT2D eigenvalue weighted by Gasteiger charge is 2.17. The molecule has 26 heavy (non-hydrogen) atoms. The van der Waals surface area contributed by atoms with Crippen molar-refractivity contribution in [3.63, 3.8) is 0 Å². The van der Waals surface area contributed by atoms with E-state index in [-0.39, 0.29) is 24.2 Å². The minimum Gasteiger partial charge on any atom is -0.497 e. The summed E-state index contributed by atoms with van der Waals surface area (Å²) in [5.74, 6) is 0.376. The standard InChI is InChI=1S/C21H21FN2O2/c1-26-19-9-7-16(8-10-19)15-23-21(25)14-20(24-11-2-3-12-24)17-5-4-6-18(22)13-17/h2-13,20H,14-15H2,1H3,(H,23,25)/t20-/m0/s1. The zero-order valence-corrected chi connectivity index (χ0v) is 14.6. The van der Waals surface area contributed by atoms with Crippen LogP contribution in [0.15, 0.2) is 73.1 Å². The summed E-state index contributed by atoms with van der Waals surface area (Å²) < 4.78 is 20.7. The summed E-state index contributed by atoms with van der Waals surface area (Å²) in [6.07, 6.45) is 3.99. The van der Waals surface area contributed by atoms with Gasteiger partial charge in [0.25, 0.3) is 0 Å². The molecule has 1 heterocycles. The number of ether oxygens (including phenoxy) is 1. The Balaban J connectivity index is 1.67. The van der Waals surface area contributed by atoms with Crippen molar-refractivity contribution in [1.29, 1.82) is 0 Å². The van der Waals surface area contributed by atoms with Gasteiger partial charge in [-0.2, -0.15) is 0 Å². The third kappa shape index (κ3) is 4.51. The Bertz CT molecular complexity index is 845.